The quantitative estimate of drug-likeness (QED) is 0.631. The van der Waals surface area contributed by atoms with Crippen LogP contribution in [0.15, 0.2) is 18.3 Å². The Morgan fingerprint density at radius 2 is 2.14 bits per heavy atom. The van der Waals surface area contributed by atoms with Crippen LogP contribution < -0.4 is 0 Å². The van der Waals surface area contributed by atoms with E-state index in [9.17, 15) is 5.11 Å². The molecule has 0 amide bonds. The molecule has 0 aliphatic carbocycles. The number of ether oxygens (including phenoxy) is 2. The first kappa shape index (κ1) is 18.2. The van der Waals surface area contributed by atoms with Crippen molar-refractivity contribution in [2.75, 3.05) is 33.4 Å². The molecule has 0 saturated heterocycles. The van der Waals surface area contributed by atoms with Crippen molar-refractivity contribution in [1.29, 1.82) is 0 Å². The van der Waals surface area contributed by atoms with Gasteiger partial charge in [-0.15, -0.1) is 0 Å². The normalized spacial score (nSPS) is 13.3. The van der Waals surface area contributed by atoms with Crippen LogP contribution in [0.1, 0.15) is 26.0 Å². The number of aliphatic hydroxyl groups excluding tert-OH is 1. The van der Waals surface area contributed by atoms with Crippen LogP contribution in [0.25, 0.3) is 0 Å². The van der Waals surface area contributed by atoms with E-state index in [1.54, 1.807) is 7.11 Å². The van der Waals surface area contributed by atoms with Crippen molar-refractivity contribution in [3.8, 4) is 0 Å². The largest absolute Gasteiger partial charge is 0.389 e. The van der Waals surface area contributed by atoms with Gasteiger partial charge in [0.25, 0.3) is 0 Å². The highest BCUT2D eigenvalue weighted by Crippen LogP contribution is 2.07. The standard InChI is InChI=1S/C16H30N2O3/c1-14(2)21-13-16(19)12-18(9-6-10-20-4)11-15-7-5-8-17(15)3/h5,7-8,14,16,19H,6,9-13H2,1-4H3. The molecule has 0 aliphatic heterocycles. The molecule has 1 N–H and O–H groups in total. The maximum atomic E-state index is 10.1. The predicted octanol–water partition coefficient (Wildman–Crippen LogP) is 1.65. The third-order valence-corrected chi connectivity index (χ3v) is 3.35. The zero-order valence-corrected chi connectivity index (χ0v) is 13.8. The Hall–Kier alpha value is -0.880. The number of aromatic nitrogens is 1. The van der Waals surface area contributed by atoms with Gasteiger partial charge in [0, 0.05) is 52.3 Å². The van der Waals surface area contributed by atoms with Gasteiger partial charge in [0.15, 0.2) is 0 Å². The minimum atomic E-state index is -0.463. The molecule has 5 nitrogen and oxygen atoms in total. The van der Waals surface area contributed by atoms with Crippen molar-refractivity contribution in [3.63, 3.8) is 0 Å². The summed E-state index contributed by atoms with van der Waals surface area (Å²) in [5.41, 5.74) is 1.24. The number of aryl methyl sites for hydroxylation is 1. The Balaban J connectivity index is 2.49. The van der Waals surface area contributed by atoms with Gasteiger partial charge in [-0.1, -0.05) is 0 Å². The number of methoxy groups -OCH3 is 1. The molecule has 1 rings (SSSR count). The van der Waals surface area contributed by atoms with Crippen molar-refractivity contribution < 1.29 is 14.6 Å². The minimum Gasteiger partial charge on any atom is -0.389 e. The van der Waals surface area contributed by atoms with Gasteiger partial charge in [0.05, 0.1) is 18.8 Å². The van der Waals surface area contributed by atoms with Crippen molar-refractivity contribution in [2.45, 2.75) is 39.0 Å². The van der Waals surface area contributed by atoms with E-state index < -0.39 is 6.10 Å². The van der Waals surface area contributed by atoms with E-state index in [4.69, 9.17) is 9.47 Å². The Labute approximate surface area is 128 Å². The van der Waals surface area contributed by atoms with Gasteiger partial charge in [-0.25, -0.2) is 0 Å². The first-order chi connectivity index (χ1) is 10.0. The Morgan fingerprint density at radius 1 is 1.38 bits per heavy atom. The molecule has 0 radical (unpaired) electrons. The monoisotopic (exact) mass is 298 g/mol. The lowest BCUT2D eigenvalue weighted by molar-refractivity contribution is -0.0105. The molecule has 122 valence electrons. The van der Waals surface area contributed by atoms with E-state index in [1.165, 1.54) is 5.69 Å². The minimum absolute atomic E-state index is 0.148. The highest BCUT2D eigenvalue weighted by Gasteiger charge is 2.14. The lowest BCUT2D eigenvalue weighted by Crippen LogP contribution is -2.36. The Bertz CT molecular complexity index is 379. The molecule has 21 heavy (non-hydrogen) atoms. The molecular formula is C16H30N2O3. The average molecular weight is 298 g/mol. The molecule has 0 fully saturated rings. The molecule has 0 aliphatic rings. The second-order valence-corrected chi connectivity index (χ2v) is 5.73. The third kappa shape index (κ3) is 7.62. The van der Waals surface area contributed by atoms with E-state index >= 15 is 0 Å². The van der Waals surface area contributed by atoms with Gasteiger partial charge in [-0.05, 0) is 32.4 Å². The van der Waals surface area contributed by atoms with E-state index in [2.05, 4.69) is 15.5 Å². The van der Waals surface area contributed by atoms with Crippen LogP contribution in [0.5, 0.6) is 0 Å². The van der Waals surface area contributed by atoms with Gasteiger partial charge in [0.1, 0.15) is 0 Å². The molecule has 0 spiro atoms. The lowest BCUT2D eigenvalue weighted by Gasteiger charge is -2.25. The average Bonchev–Trinajstić information content (AvgIpc) is 2.82. The summed E-state index contributed by atoms with van der Waals surface area (Å²) in [7, 11) is 3.76. The smallest absolute Gasteiger partial charge is 0.0900 e. The van der Waals surface area contributed by atoms with Crippen LogP contribution in [0.3, 0.4) is 0 Å². The van der Waals surface area contributed by atoms with Gasteiger partial charge in [0.2, 0.25) is 0 Å². The summed E-state index contributed by atoms with van der Waals surface area (Å²) in [5.74, 6) is 0. The zero-order valence-electron chi connectivity index (χ0n) is 13.8. The number of rotatable bonds is 11. The second kappa shape index (κ2) is 9.95. The molecule has 1 atom stereocenters. The van der Waals surface area contributed by atoms with Crippen LogP contribution in [0.4, 0.5) is 0 Å². The van der Waals surface area contributed by atoms with Gasteiger partial charge >= 0.3 is 0 Å². The number of aliphatic hydroxyl groups is 1. The van der Waals surface area contributed by atoms with Crippen molar-refractivity contribution in [1.82, 2.24) is 9.47 Å². The molecule has 1 unspecified atom stereocenters. The predicted molar refractivity (Wildman–Crippen MR) is 84.3 cm³/mol. The van der Waals surface area contributed by atoms with Crippen LogP contribution in [0.2, 0.25) is 0 Å². The summed E-state index contributed by atoms with van der Waals surface area (Å²) in [6.07, 6.45) is 2.68. The summed E-state index contributed by atoms with van der Waals surface area (Å²) in [5, 5.41) is 10.1. The van der Waals surface area contributed by atoms with Crippen LogP contribution in [-0.2, 0) is 23.1 Å². The summed E-state index contributed by atoms with van der Waals surface area (Å²) in [6.45, 7) is 7.42. The first-order valence-electron chi connectivity index (χ1n) is 7.64. The summed E-state index contributed by atoms with van der Waals surface area (Å²) >= 11 is 0. The van der Waals surface area contributed by atoms with Crippen LogP contribution >= 0.6 is 0 Å². The second-order valence-electron chi connectivity index (χ2n) is 5.73. The molecule has 1 aromatic heterocycles. The fourth-order valence-electron chi connectivity index (χ4n) is 2.21. The van der Waals surface area contributed by atoms with Crippen molar-refractivity contribution >= 4 is 0 Å². The van der Waals surface area contributed by atoms with Crippen molar-refractivity contribution in [2.24, 2.45) is 7.05 Å². The Morgan fingerprint density at radius 3 is 2.71 bits per heavy atom. The van der Waals surface area contributed by atoms with Crippen molar-refractivity contribution in [3.05, 3.63) is 24.0 Å². The van der Waals surface area contributed by atoms with Gasteiger partial charge in [-0.2, -0.15) is 0 Å². The summed E-state index contributed by atoms with van der Waals surface area (Å²) < 4.78 is 12.7. The highest BCUT2D eigenvalue weighted by molar-refractivity contribution is 5.06. The van der Waals surface area contributed by atoms with Gasteiger partial charge < -0.3 is 19.1 Å². The number of hydrogen-bond acceptors (Lipinski definition) is 4. The maximum absolute atomic E-state index is 10.1. The maximum Gasteiger partial charge on any atom is 0.0900 e. The Kier molecular flexibility index (Phi) is 8.61. The first-order valence-corrected chi connectivity index (χ1v) is 7.64. The molecule has 0 saturated carbocycles. The molecule has 1 aromatic rings. The molecule has 5 heteroatoms. The lowest BCUT2D eigenvalue weighted by atomic mass is 10.2. The van der Waals surface area contributed by atoms with E-state index in [0.29, 0.717) is 13.2 Å². The highest BCUT2D eigenvalue weighted by atomic mass is 16.5. The van der Waals surface area contributed by atoms with E-state index in [-0.39, 0.29) is 6.10 Å². The number of hydrogen-bond donors (Lipinski definition) is 1. The molecule has 0 aromatic carbocycles. The molecule has 1 heterocycles. The summed E-state index contributed by atoms with van der Waals surface area (Å²) in [4.78, 5) is 2.25. The van der Waals surface area contributed by atoms with E-state index in [0.717, 1.165) is 26.1 Å². The van der Waals surface area contributed by atoms with Crippen LogP contribution in [-0.4, -0.2) is 60.2 Å². The summed E-state index contributed by atoms with van der Waals surface area (Å²) in [6, 6.07) is 4.15. The van der Waals surface area contributed by atoms with Gasteiger partial charge in [-0.3, -0.25) is 4.90 Å². The van der Waals surface area contributed by atoms with E-state index in [1.807, 2.05) is 33.2 Å². The zero-order chi connectivity index (χ0) is 15.7. The fourth-order valence-corrected chi connectivity index (χ4v) is 2.21. The fraction of sp³-hybridized carbons (Fsp3) is 0.750. The SMILES string of the molecule is COCCCN(Cc1cccn1C)CC(O)COC(C)C. The third-order valence-electron chi connectivity index (χ3n) is 3.35. The van der Waals surface area contributed by atoms with Crippen LogP contribution in [0, 0.1) is 0 Å². The topological polar surface area (TPSA) is 46.9 Å². The number of nitrogens with zero attached hydrogens (tertiary/aromatic N) is 2. The molecule has 0 bridgehead atoms. The molecular weight excluding hydrogens is 268 g/mol.